The average Bonchev–Trinajstić information content (AvgIpc) is 2.61. The maximum atomic E-state index is 11.7. The summed E-state index contributed by atoms with van der Waals surface area (Å²) < 4.78 is 7.92. The number of nitrogens with zero attached hydrogens (tertiary/aromatic N) is 1. The van der Waals surface area contributed by atoms with Gasteiger partial charge in [-0.3, -0.25) is 0 Å². The van der Waals surface area contributed by atoms with E-state index in [1.807, 2.05) is 30.0 Å². The topological polar surface area (TPSA) is 31.2 Å². The maximum Gasteiger partial charge on any atom is 0.329 e. The van der Waals surface area contributed by atoms with Crippen LogP contribution in [-0.2, 0) is 9.53 Å². The zero-order valence-corrected chi connectivity index (χ0v) is 10.7. The number of halogens is 1. The van der Waals surface area contributed by atoms with Crippen LogP contribution in [0.25, 0.3) is 0 Å². The van der Waals surface area contributed by atoms with E-state index in [1.165, 1.54) is 0 Å². The number of aromatic nitrogens is 1. The van der Waals surface area contributed by atoms with E-state index in [-0.39, 0.29) is 12.0 Å². The van der Waals surface area contributed by atoms with Gasteiger partial charge in [0, 0.05) is 16.9 Å². The molecule has 1 aromatic heterocycles. The van der Waals surface area contributed by atoms with Gasteiger partial charge in [0.05, 0.1) is 6.61 Å². The molecular formula is C11H16BrNO2. The lowest BCUT2D eigenvalue weighted by atomic mass is 10.1. The molecule has 1 atom stereocenters. The molecule has 3 nitrogen and oxygen atoms in total. The van der Waals surface area contributed by atoms with Gasteiger partial charge < -0.3 is 9.30 Å². The molecule has 1 rings (SSSR count). The molecule has 0 aliphatic rings. The van der Waals surface area contributed by atoms with Crippen molar-refractivity contribution in [3.05, 3.63) is 22.9 Å². The summed E-state index contributed by atoms with van der Waals surface area (Å²) in [7, 11) is 0. The van der Waals surface area contributed by atoms with Crippen molar-refractivity contribution in [1.82, 2.24) is 4.57 Å². The summed E-state index contributed by atoms with van der Waals surface area (Å²) in [4.78, 5) is 11.7. The lowest BCUT2D eigenvalue weighted by Gasteiger charge is -2.16. The minimum Gasteiger partial charge on any atom is -0.464 e. The summed E-state index contributed by atoms with van der Waals surface area (Å²) in [5.74, 6) is -0.151. The lowest BCUT2D eigenvalue weighted by molar-refractivity contribution is -0.147. The Labute approximate surface area is 98.5 Å². The van der Waals surface area contributed by atoms with Crippen molar-refractivity contribution in [3.63, 3.8) is 0 Å². The Morgan fingerprint density at radius 1 is 1.60 bits per heavy atom. The van der Waals surface area contributed by atoms with Gasteiger partial charge >= 0.3 is 5.97 Å². The molecule has 15 heavy (non-hydrogen) atoms. The molecule has 0 aromatic carbocycles. The molecular weight excluding hydrogens is 258 g/mol. The van der Waals surface area contributed by atoms with E-state index in [9.17, 15) is 4.79 Å². The van der Waals surface area contributed by atoms with E-state index in [0.717, 1.165) is 17.3 Å². The predicted molar refractivity (Wildman–Crippen MR) is 62.7 cm³/mol. The van der Waals surface area contributed by atoms with Crippen molar-refractivity contribution in [2.24, 2.45) is 0 Å². The van der Waals surface area contributed by atoms with Crippen LogP contribution in [0.3, 0.4) is 0 Å². The van der Waals surface area contributed by atoms with Gasteiger partial charge in [-0.05, 0) is 35.3 Å². The lowest BCUT2D eigenvalue weighted by Crippen LogP contribution is -2.20. The Morgan fingerprint density at radius 2 is 2.33 bits per heavy atom. The van der Waals surface area contributed by atoms with Crippen LogP contribution in [0.2, 0.25) is 0 Å². The third-order valence-corrected chi connectivity index (χ3v) is 2.63. The molecule has 1 heterocycles. The number of rotatable bonds is 5. The highest BCUT2D eigenvalue weighted by Crippen LogP contribution is 2.19. The number of esters is 1. The van der Waals surface area contributed by atoms with Crippen molar-refractivity contribution in [3.8, 4) is 0 Å². The summed E-state index contributed by atoms with van der Waals surface area (Å²) >= 11 is 3.37. The third kappa shape index (κ3) is 3.38. The quantitative estimate of drug-likeness (QED) is 0.772. The molecule has 1 unspecified atom stereocenters. The summed E-state index contributed by atoms with van der Waals surface area (Å²) in [6.07, 6.45) is 5.55. The van der Waals surface area contributed by atoms with E-state index in [2.05, 4.69) is 22.9 Å². The van der Waals surface area contributed by atoms with Crippen molar-refractivity contribution in [1.29, 1.82) is 0 Å². The van der Waals surface area contributed by atoms with E-state index >= 15 is 0 Å². The van der Waals surface area contributed by atoms with Crippen molar-refractivity contribution in [2.75, 3.05) is 6.61 Å². The van der Waals surface area contributed by atoms with Crippen LogP contribution in [0.15, 0.2) is 22.9 Å². The molecule has 84 valence electrons. The molecule has 0 bridgehead atoms. The van der Waals surface area contributed by atoms with Crippen LogP contribution in [0, 0.1) is 0 Å². The average molecular weight is 274 g/mol. The number of carbonyl (C=O) groups is 1. The van der Waals surface area contributed by atoms with Gasteiger partial charge in [0.15, 0.2) is 0 Å². The maximum absolute atomic E-state index is 11.7. The van der Waals surface area contributed by atoms with Gasteiger partial charge in [-0.2, -0.15) is 0 Å². The first-order valence-electron chi connectivity index (χ1n) is 5.18. The van der Waals surface area contributed by atoms with Crippen LogP contribution >= 0.6 is 15.9 Å². The van der Waals surface area contributed by atoms with Crippen LogP contribution in [0.4, 0.5) is 0 Å². The molecule has 0 fully saturated rings. The highest BCUT2D eigenvalue weighted by molar-refractivity contribution is 9.10. The van der Waals surface area contributed by atoms with Crippen LogP contribution in [-0.4, -0.2) is 17.1 Å². The molecule has 0 spiro atoms. The second kappa shape index (κ2) is 5.95. The minimum atomic E-state index is -0.193. The SMILES string of the molecule is CCCC(C(=O)OCC)n1ccc(Br)c1. The Bertz CT molecular complexity index is 322. The van der Waals surface area contributed by atoms with Gasteiger partial charge in [0.25, 0.3) is 0 Å². The van der Waals surface area contributed by atoms with Gasteiger partial charge in [0.2, 0.25) is 0 Å². The van der Waals surface area contributed by atoms with Crippen molar-refractivity contribution >= 4 is 21.9 Å². The first kappa shape index (κ1) is 12.3. The highest BCUT2D eigenvalue weighted by atomic mass is 79.9. The van der Waals surface area contributed by atoms with Gasteiger partial charge in [-0.15, -0.1) is 0 Å². The first-order chi connectivity index (χ1) is 7.19. The molecule has 0 saturated carbocycles. The zero-order valence-electron chi connectivity index (χ0n) is 9.07. The zero-order chi connectivity index (χ0) is 11.3. The summed E-state index contributed by atoms with van der Waals surface area (Å²) in [5.41, 5.74) is 0. The predicted octanol–water partition coefficient (Wildman–Crippen LogP) is 3.15. The Morgan fingerprint density at radius 3 is 2.80 bits per heavy atom. The van der Waals surface area contributed by atoms with E-state index in [4.69, 9.17) is 4.74 Å². The van der Waals surface area contributed by atoms with Crippen LogP contribution in [0.5, 0.6) is 0 Å². The molecule has 0 amide bonds. The largest absolute Gasteiger partial charge is 0.464 e. The molecule has 4 heteroatoms. The fourth-order valence-corrected chi connectivity index (χ4v) is 1.83. The fourth-order valence-electron chi connectivity index (χ4n) is 1.48. The number of carbonyl (C=O) groups excluding carboxylic acids is 1. The summed E-state index contributed by atoms with van der Waals surface area (Å²) in [5, 5.41) is 0. The Kier molecular flexibility index (Phi) is 4.88. The molecule has 0 aliphatic carbocycles. The second-order valence-corrected chi connectivity index (χ2v) is 4.25. The smallest absolute Gasteiger partial charge is 0.329 e. The van der Waals surface area contributed by atoms with Crippen molar-refractivity contribution < 1.29 is 9.53 Å². The number of ether oxygens (including phenoxy) is 1. The summed E-state index contributed by atoms with van der Waals surface area (Å²) in [6, 6.07) is 1.73. The first-order valence-corrected chi connectivity index (χ1v) is 5.98. The Balaban J connectivity index is 2.77. The molecule has 1 aromatic rings. The van der Waals surface area contributed by atoms with Gasteiger partial charge in [-0.25, -0.2) is 4.79 Å². The van der Waals surface area contributed by atoms with Gasteiger partial charge in [0.1, 0.15) is 6.04 Å². The standard InChI is InChI=1S/C11H16BrNO2/c1-3-5-10(11(14)15-4-2)13-7-6-9(12)8-13/h6-8,10H,3-5H2,1-2H3. The molecule has 0 N–H and O–H groups in total. The molecule has 0 saturated heterocycles. The molecule has 0 aliphatic heterocycles. The summed E-state index contributed by atoms with van der Waals surface area (Å²) in [6.45, 7) is 4.32. The van der Waals surface area contributed by atoms with E-state index in [1.54, 1.807) is 0 Å². The van der Waals surface area contributed by atoms with Crippen LogP contribution < -0.4 is 0 Å². The minimum absolute atomic E-state index is 0.151. The van der Waals surface area contributed by atoms with Gasteiger partial charge in [-0.1, -0.05) is 13.3 Å². The number of hydrogen-bond donors (Lipinski definition) is 0. The van der Waals surface area contributed by atoms with Crippen LogP contribution in [0.1, 0.15) is 32.7 Å². The fraction of sp³-hybridized carbons (Fsp3) is 0.545. The monoisotopic (exact) mass is 273 g/mol. The Hall–Kier alpha value is -0.770. The van der Waals surface area contributed by atoms with Crippen molar-refractivity contribution in [2.45, 2.75) is 32.7 Å². The normalized spacial score (nSPS) is 12.5. The molecule has 0 radical (unpaired) electrons. The second-order valence-electron chi connectivity index (χ2n) is 3.33. The number of hydrogen-bond acceptors (Lipinski definition) is 2. The highest BCUT2D eigenvalue weighted by Gasteiger charge is 2.19. The van der Waals surface area contributed by atoms with E-state index in [0.29, 0.717) is 6.61 Å². The third-order valence-electron chi connectivity index (χ3n) is 2.16. The van der Waals surface area contributed by atoms with E-state index < -0.39 is 0 Å².